The topological polar surface area (TPSA) is 0 Å². The summed E-state index contributed by atoms with van der Waals surface area (Å²) < 4.78 is 0. The van der Waals surface area contributed by atoms with Gasteiger partial charge in [-0.2, -0.15) is 0 Å². The largest absolute Gasteiger partial charge is 0.144 e. The van der Waals surface area contributed by atoms with Gasteiger partial charge in [0, 0.05) is 10.4 Å². The van der Waals surface area contributed by atoms with Crippen LogP contribution in [-0.4, -0.2) is 0 Å². The van der Waals surface area contributed by atoms with E-state index in [1.54, 1.807) is 16.9 Å². The van der Waals surface area contributed by atoms with E-state index in [2.05, 4.69) is 6.07 Å². The highest BCUT2D eigenvalue weighted by Gasteiger charge is 1.92. The van der Waals surface area contributed by atoms with Crippen LogP contribution in [0.1, 0.15) is 11.8 Å². The zero-order valence-corrected chi connectivity index (χ0v) is 6.67. The van der Waals surface area contributed by atoms with E-state index in [1.165, 1.54) is 4.88 Å². The molecule has 0 nitrogen and oxygen atoms in total. The summed E-state index contributed by atoms with van der Waals surface area (Å²) in [5, 5.41) is 2.04. The van der Waals surface area contributed by atoms with Gasteiger partial charge in [0.05, 0.1) is 0 Å². The maximum atomic E-state index is 5.49. The number of allylic oxidation sites excluding steroid dienone is 1. The minimum Gasteiger partial charge on any atom is -0.144 e. The van der Waals surface area contributed by atoms with Crippen LogP contribution >= 0.6 is 22.9 Å². The van der Waals surface area contributed by atoms with Crippen molar-refractivity contribution >= 4 is 28.5 Å². The highest BCUT2D eigenvalue weighted by atomic mass is 35.5. The third kappa shape index (κ3) is 1.57. The van der Waals surface area contributed by atoms with Gasteiger partial charge in [-0.25, -0.2) is 0 Å². The van der Waals surface area contributed by atoms with E-state index in [0.717, 1.165) is 5.57 Å². The van der Waals surface area contributed by atoms with Crippen LogP contribution in [0, 0.1) is 0 Å². The zero-order valence-electron chi connectivity index (χ0n) is 5.10. The average Bonchev–Trinajstić information content (AvgIpc) is 2.37. The maximum Gasteiger partial charge on any atom is 0.0308 e. The van der Waals surface area contributed by atoms with Gasteiger partial charge in [-0.1, -0.05) is 17.7 Å². The third-order valence-electron chi connectivity index (χ3n) is 1.07. The monoisotopic (exact) mass is 158 g/mol. The minimum absolute atomic E-state index is 1.13. The molecule has 1 rings (SSSR count). The number of hydrogen-bond donors (Lipinski definition) is 0. The lowest BCUT2D eigenvalue weighted by atomic mass is 10.3. The Morgan fingerprint density at radius 3 is 3.00 bits per heavy atom. The molecule has 0 aliphatic rings. The molecule has 0 saturated heterocycles. The van der Waals surface area contributed by atoms with E-state index in [0.29, 0.717) is 0 Å². The van der Waals surface area contributed by atoms with Gasteiger partial charge in [0.2, 0.25) is 0 Å². The van der Waals surface area contributed by atoms with E-state index in [4.69, 9.17) is 11.6 Å². The van der Waals surface area contributed by atoms with Crippen molar-refractivity contribution in [2.45, 2.75) is 6.92 Å². The number of thiophene rings is 1. The summed E-state index contributed by atoms with van der Waals surface area (Å²) in [6.07, 6.45) is 0. The maximum absolute atomic E-state index is 5.49. The molecule has 0 aliphatic carbocycles. The van der Waals surface area contributed by atoms with Crippen molar-refractivity contribution in [2.24, 2.45) is 0 Å². The first-order valence-electron chi connectivity index (χ1n) is 2.65. The number of rotatable bonds is 1. The Morgan fingerprint density at radius 1 is 1.78 bits per heavy atom. The fourth-order valence-electron chi connectivity index (χ4n) is 0.557. The summed E-state index contributed by atoms with van der Waals surface area (Å²) in [6.45, 7) is 2.00. The van der Waals surface area contributed by atoms with Gasteiger partial charge >= 0.3 is 0 Å². The van der Waals surface area contributed by atoms with Crippen molar-refractivity contribution in [3.8, 4) is 0 Å². The molecule has 0 N–H and O–H groups in total. The SMILES string of the molecule is C/C(=C/Cl)c1cccs1. The fraction of sp³-hybridized carbons (Fsp3) is 0.143. The molecule has 48 valence electrons. The normalized spacial score (nSPS) is 12.0. The molecule has 0 amide bonds. The van der Waals surface area contributed by atoms with Crippen LogP contribution in [0.4, 0.5) is 0 Å². The molecule has 0 atom stereocenters. The molecule has 0 aromatic carbocycles. The van der Waals surface area contributed by atoms with E-state index < -0.39 is 0 Å². The Balaban J connectivity index is 2.90. The second kappa shape index (κ2) is 3.04. The predicted molar refractivity (Wildman–Crippen MR) is 43.8 cm³/mol. The summed E-state index contributed by atoms with van der Waals surface area (Å²) in [6, 6.07) is 4.07. The molecule has 0 fully saturated rings. The van der Waals surface area contributed by atoms with Crippen molar-refractivity contribution in [1.82, 2.24) is 0 Å². The Bertz CT molecular complexity index is 199. The molecule has 0 aliphatic heterocycles. The van der Waals surface area contributed by atoms with Crippen LogP contribution in [0.25, 0.3) is 5.57 Å². The molecule has 0 unspecified atom stereocenters. The van der Waals surface area contributed by atoms with E-state index in [-0.39, 0.29) is 0 Å². The van der Waals surface area contributed by atoms with Crippen molar-refractivity contribution in [2.75, 3.05) is 0 Å². The Kier molecular flexibility index (Phi) is 2.31. The predicted octanol–water partition coefficient (Wildman–Crippen LogP) is 3.35. The Morgan fingerprint density at radius 2 is 2.56 bits per heavy atom. The van der Waals surface area contributed by atoms with Crippen LogP contribution < -0.4 is 0 Å². The molecule has 2 heteroatoms. The van der Waals surface area contributed by atoms with E-state index in [9.17, 15) is 0 Å². The van der Waals surface area contributed by atoms with Gasteiger partial charge in [0.1, 0.15) is 0 Å². The standard InChI is InChI=1S/C7H7ClS/c1-6(5-8)7-3-2-4-9-7/h2-5H,1H3/b6-5-. The van der Waals surface area contributed by atoms with Crippen molar-refractivity contribution in [3.05, 3.63) is 27.9 Å². The first-order chi connectivity index (χ1) is 4.34. The number of halogens is 1. The molecule has 9 heavy (non-hydrogen) atoms. The lowest BCUT2D eigenvalue weighted by Gasteiger charge is -1.89. The van der Waals surface area contributed by atoms with Gasteiger partial charge in [-0.05, 0) is 23.9 Å². The first kappa shape index (κ1) is 6.84. The molecule has 0 radical (unpaired) electrons. The zero-order chi connectivity index (χ0) is 6.69. The Hall–Kier alpha value is -0.270. The smallest absolute Gasteiger partial charge is 0.0308 e. The van der Waals surface area contributed by atoms with Gasteiger partial charge in [0.15, 0.2) is 0 Å². The molecular weight excluding hydrogens is 152 g/mol. The molecule has 1 aromatic rings. The van der Waals surface area contributed by atoms with E-state index >= 15 is 0 Å². The highest BCUT2D eigenvalue weighted by molar-refractivity contribution is 7.11. The van der Waals surface area contributed by atoms with Crippen LogP contribution in [0.3, 0.4) is 0 Å². The summed E-state index contributed by atoms with van der Waals surface area (Å²) in [5.41, 5.74) is 2.73. The van der Waals surface area contributed by atoms with Crippen LogP contribution in [0.2, 0.25) is 0 Å². The molecule has 0 saturated carbocycles. The van der Waals surface area contributed by atoms with E-state index in [1.807, 2.05) is 18.4 Å². The highest BCUT2D eigenvalue weighted by Crippen LogP contribution is 2.19. The summed E-state index contributed by atoms with van der Waals surface area (Å²) >= 11 is 7.19. The molecular formula is C7H7ClS. The first-order valence-corrected chi connectivity index (χ1v) is 3.97. The number of hydrogen-bond acceptors (Lipinski definition) is 1. The van der Waals surface area contributed by atoms with Crippen molar-refractivity contribution in [3.63, 3.8) is 0 Å². The Labute approximate surface area is 63.8 Å². The molecule has 1 heterocycles. The lowest BCUT2D eigenvalue weighted by molar-refractivity contribution is 1.74. The van der Waals surface area contributed by atoms with Crippen LogP contribution in [0.15, 0.2) is 23.0 Å². The van der Waals surface area contributed by atoms with Gasteiger partial charge in [0.25, 0.3) is 0 Å². The van der Waals surface area contributed by atoms with Crippen LogP contribution in [0.5, 0.6) is 0 Å². The van der Waals surface area contributed by atoms with Crippen molar-refractivity contribution < 1.29 is 0 Å². The second-order valence-electron chi connectivity index (χ2n) is 1.77. The minimum atomic E-state index is 1.13. The summed E-state index contributed by atoms with van der Waals surface area (Å²) in [7, 11) is 0. The average molecular weight is 159 g/mol. The quantitative estimate of drug-likeness (QED) is 0.588. The second-order valence-corrected chi connectivity index (χ2v) is 2.94. The molecule has 0 bridgehead atoms. The van der Waals surface area contributed by atoms with Crippen molar-refractivity contribution in [1.29, 1.82) is 0 Å². The molecule has 0 spiro atoms. The lowest BCUT2D eigenvalue weighted by Crippen LogP contribution is -1.64. The summed E-state index contributed by atoms with van der Waals surface area (Å²) in [4.78, 5) is 1.24. The van der Waals surface area contributed by atoms with Gasteiger partial charge < -0.3 is 0 Å². The van der Waals surface area contributed by atoms with Crippen LogP contribution in [-0.2, 0) is 0 Å². The van der Waals surface area contributed by atoms with Gasteiger partial charge in [-0.15, -0.1) is 11.3 Å². The fourth-order valence-corrected chi connectivity index (χ4v) is 1.44. The molecule has 1 aromatic heterocycles. The van der Waals surface area contributed by atoms with Gasteiger partial charge in [-0.3, -0.25) is 0 Å². The summed E-state index contributed by atoms with van der Waals surface area (Å²) in [5.74, 6) is 0. The third-order valence-corrected chi connectivity index (χ3v) is 2.41.